The first-order valence-electron chi connectivity index (χ1n) is 6.67. The van der Waals surface area contributed by atoms with Crippen molar-refractivity contribution in [3.8, 4) is 0 Å². The average Bonchev–Trinajstić information content (AvgIpc) is 3.18. The lowest BCUT2D eigenvalue weighted by atomic mass is 10.3. The molecule has 0 amide bonds. The number of halogens is 3. The predicted molar refractivity (Wildman–Crippen MR) is 73.8 cm³/mol. The number of aromatic nitrogens is 2. The number of nitrogens with one attached hydrogen (secondary N) is 1. The Morgan fingerprint density at radius 1 is 1.26 bits per heavy atom. The van der Waals surface area contributed by atoms with Gasteiger partial charge in [0.15, 0.2) is 17.5 Å². The van der Waals surface area contributed by atoms with Gasteiger partial charge in [0.25, 0.3) is 10.0 Å². The van der Waals surface area contributed by atoms with E-state index in [0.29, 0.717) is 25.7 Å². The van der Waals surface area contributed by atoms with Gasteiger partial charge in [-0.2, -0.15) is 5.10 Å². The minimum atomic E-state index is -4.18. The number of sulfonamides is 1. The Hall–Kier alpha value is -2.07. The summed E-state index contributed by atoms with van der Waals surface area (Å²) in [5, 5.41) is 3.95. The highest BCUT2D eigenvalue weighted by Crippen LogP contribution is 2.24. The Morgan fingerprint density at radius 3 is 2.74 bits per heavy atom. The van der Waals surface area contributed by atoms with Crippen LogP contribution in [0.2, 0.25) is 0 Å². The third-order valence-electron chi connectivity index (χ3n) is 3.45. The fourth-order valence-electron chi connectivity index (χ4n) is 2.20. The van der Waals surface area contributed by atoms with Crippen LogP contribution in [0.3, 0.4) is 0 Å². The van der Waals surface area contributed by atoms with Crippen LogP contribution in [-0.2, 0) is 14.8 Å². The lowest BCUT2D eigenvalue weighted by molar-refractivity contribution is 0.184. The highest BCUT2D eigenvalue weighted by molar-refractivity contribution is 7.92. The molecule has 10 heteroatoms. The molecule has 1 aliphatic rings. The Labute approximate surface area is 129 Å². The largest absolute Gasteiger partial charge is 0.379 e. The van der Waals surface area contributed by atoms with Gasteiger partial charge in [-0.25, -0.2) is 21.6 Å². The van der Waals surface area contributed by atoms with Crippen LogP contribution in [0.25, 0.3) is 0 Å². The molecule has 1 N–H and O–H groups in total. The second-order valence-electron chi connectivity index (χ2n) is 5.00. The summed E-state index contributed by atoms with van der Waals surface area (Å²) in [7, 11) is -4.18. The first-order valence-corrected chi connectivity index (χ1v) is 8.15. The number of nitrogens with zero attached hydrogens (tertiary/aromatic N) is 2. The molecule has 0 saturated carbocycles. The van der Waals surface area contributed by atoms with E-state index in [-0.39, 0.29) is 10.9 Å². The molecule has 1 saturated heterocycles. The van der Waals surface area contributed by atoms with Gasteiger partial charge in [-0.05, 0) is 18.6 Å². The van der Waals surface area contributed by atoms with Gasteiger partial charge in [-0.1, -0.05) is 0 Å². The van der Waals surface area contributed by atoms with Crippen LogP contribution < -0.4 is 4.72 Å². The molecule has 2 aromatic rings. The average molecular weight is 347 g/mol. The summed E-state index contributed by atoms with van der Waals surface area (Å²) in [6.45, 7) is 0.983. The smallest absolute Gasteiger partial charge is 0.265 e. The second kappa shape index (κ2) is 5.85. The molecular weight excluding hydrogens is 335 g/mol. The number of hydrogen-bond donors (Lipinski definition) is 1. The zero-order valence-electron chi connectivity index (χ0n) is 11.7. The number of benzene rings is 1. The fraction of sp³-hybridized carbons (Fsp3) is 0.308. The molecule has 1 atom stereocenters. The van der Waals surface area contributed by atoms with Crippen molar-refractivity contribution in [3.05, 3.63) is 42.0 Å². The molecule has 1 aliphatic heterocycles. The molecule has 1 aromatic carbocycles. The van der Waals surface area contributed by atoms with Gasteiger partial charge < -0.3 is 4.74 Å². The van der Waals surface area contributed by atoms with E-state index in [1.165, 1.54) is 10.9 Å². The van der Waals surface area contributed by atoms with Crippen molar-refractivity contribution in [1.29, 1.82) is 0 Å². The quantitative estimate of drug-likeness (QED) is 0.860. The van der Waals surface area contributed by atoms with Crippen LogP contribution in [-0.4, -0.2) is 31.4 Å². The van der Waals surface area contributed by atoms with Gasteiger partial charge in [-0.3, -0.25) is 9.40 Å². The molecule has 0 aliphatic carbocycles. The van der Waals surface area contributed by atoms with Crippen LogP contribution in [0.1, 0.15) is 12.5 Å². The molecule has 1 aromatic heterocycles. The molecule has 2 heterocycles. The molecular formula is C13H12F3N3O3S. The van der Waals surface area contributed by atoms with Crippen molar-refractivity contribution in [2.24, 2.45) is 0 Å². The normalized spacial score (nSPS) is 18.3. The zero-order chi connectivity index (χ0) is 16.6. The van der Waals surface area contributed by atoms with Crippen LogP contribution in [0.15, 0.2) is 29.4 Å². The molecule has 1 fully saturated rings. The van der Waals surface area contributed by atoms with Crippen molar-refractivity contribution < 1.29 is 26.3 Å². The van der Waals surface area contributed by atoms with E-state index in [4.69, 9.17) is 4.74 Å². The third-order valence-corrected chi connectivity index (χ3v) is 4.77. The van der Waals surface area contributed by atoms with Gasteiger partial charge >= 0.3 is 0 Å². The number of rotatable bonds is 4. The first kappa shape index (κ1) is 15.8. The standard InChI is InChI=1S/C13H12F3N3O3S/c14-10-1-2-11(13(16)12(10)15)18-23(20,21)9-5-17-19(6-9)8-3-4-22-7-8/h1-2,5-6,8,18H,3-4,7H2. The molecule has 3 rings (SSSR count). The number of hydrogen-bond acceptors (Lipinski definition) is 4. The minimum Gasteiger partial charge on any atom is -0.379 e. The maximum Gasteiger partial charge on any atom is 0.265 e. The van der Waals surface area contributed by atoms with Gasteiger partial charge in [0.1, 0.15) is 4.90 Å². The van der Waals surface area contributed by atoms with E-state index in [2.05, 4.69) is 5.10 Å². The second-order valence-corrected chi connectivity index (χ2v) is 6.68. The van der Waals surface area contributed by atoms with Gasteiger partial charge in [0.2, 0.25) is 0 Å². The van der Waals surface area contributed by atoms with E-state index in [1.54, 1.807) is 0 Å². The van der Waals surface area contributed by atoms with Crippen molar-refractivity contribution >= 4 is 15.7 Å². The lowest BCUT2D eigenvalue weighted by Gasteiger charge is -2.09. The molecule has 0 spiro atoms. The summed E-state index contributed by atoms with van der Waals surface area (Å²) in [5.74, 6) is -4.76. The van der Waals surface area contributed by atoms with Crippen molar-refractivity contribution in [1.82, 2.24) is 9.78 Å². The van der Waals surface area contributed by atoms with Crippen LogP contribution in [0.4, 0.5) is 18.9 Å². The van der Waals surface area contributed by atoms with Crippen LogP contribution >= 0.6 is 0 Å². The molecule has 124 valence electrons. The molecule has 1 unspecified atom stereocenters. The summed E-state index contributed by atoms with van der Waals surface area (Å²) in [5.41, 5.74) is -0.680. The Kier molecular flexibility index (Phi) is 4.02. The summed E-state index contributed by atoms with van der Waals surface area (Å²) in [4.78, 5) is -0.214. The highest BCUT2D eigenvalue weighted by atomic mass is 32.2. The third kappa shape index (κ3) is 3.04. The van der Waals surface area contributed by atoms with Gasteiger partial charge in [0, 0.05) is 12.8 Å². The van der Waals surface area contributed by atoms with Crippen LogP contribution in [0, 0.1) is 17.5 Å². The van der Waals surface area contributed by atoms with Gasteiger partial charge in [-0.15, -0.1) is 0 Å². The molecule has 6 nitrogen and oxygen atoms in total. The summed E-state index contributed by atoms with van der Waals surface area (Å²) < 4.78 is 72.5. The van der Waals surface area contributed by atoms with E-state index in [1.807, 2.05) is 4.72 Å². The van der Waals surface area contributed by atoms with E-state index in [9.17, 15) is 21.6 Å². The summed E-state index contributed by atoms with van der Waals surface area (Å²) >= 11 is 0. The Balaban J connectivity index is 1.86. The highest BCUT2D eigenvalue weighted by Gasteiger charge is 2.24. The van der Waals surface area contributed by atoms with E-state index in [0.717, 1.165) is 12.3 Å². The fourth-order valence-corrected chi connectivity index (χ4v) is 3.20. The zero-order valence-corrected chi connectivity index (χ0v) is 12.5. The molecule has 23 heavy (non-hydrogen) atoms. The SMILES string of the molecule is O=S(=O)(Nc1ccc(F)c(F)c1F)c1cnn(C2CCOC2)c1. The minimum absolute atomic E-state index is 0.0704. The maximum absolute atomic E-state index is 13.6. The molecule has 0 bridgehead atoms. The Morgan fingerprint density at radius 2 is 2.04 bits per heavy atom. The summed E-state index contributed by atoms with van der Waals surface area (Å²) in [6.07, 6.45) is 3.07. The molecule has 0 radical (unpaired) electrons. The predicted octanol–water partition coefficient (Wildman–Crippen LogP) is 2.06. The van der Waals surface area contributed by atoms with Crippen molar-refractivity contribution in [3.63, 3.8) is 0 Å². The maximum atomic E-state index is 13.6. The Bertz CT molecular complexity index is 832. The monoisotopic (exact) mass is 347 g/mol. The number of ether oxygens (including phenoxy) is 1. The van der Waals surface area contributed by atoms with Crippen LogP contribution in [0.5, 0.6) is 0 Å². The van der Waals surface area contributed by atoms with Crippen molar-refractivity contribution in [2.75, 3.05) is 17.9 Å². The van der Waals surface area contributed by atoms with Gasteiger partial charge in [0.05, 0.1) is 24.5 Å². The first-order chi connectivity index (χ1) is 10.9. The van der Waals surface area contributed by atoms with E-state index >= 15 is 0 Å². The van der Waals surface area contributed by atoms with E-state index < -0.39 is 33.2 Å². The number of anilines is 1. The summed E-state index contributed by atoms with van der Waals surface area (Å²) in [6, 6.07) is 1.37. The topological polar surface area (TPSA) is 73.2 Å². The lowest BCUT2D eigenvalue weighted by Crippen LogP contribution is -2.14. The van der Waals surface area contributed by atoms with Crippen molar-refractivity contribution in [2.45, 2.75) is 17.4 Å².